The molecule has 206 valence electrons. The van der Waals surface area contributed by atoms with Crippen molar-refractivity contribution in [1.82, 2.24) is 9.88 Å². The van der Waals surface area contributed by atoms with Gasteiger partial charge in [0.25, 0.3) is 5.91 Å². The fraction of sp³-hybridized carbons (Fsp3) is 0.370. The van der Waals surface area contributed by atoms with Crippen molar-refractivity contribution in [2.24, 2.45) is 0 Å². The number of pyridine rings is 1. The van der Waals surface area contributed by atoms with Gasteiger partial charge in [-0.15, -0.1) is 37.2 Å². The van der Waals surface area contributed by atoms with E-state index >= 15 is 0 Å². The van der Waals surface area contributed by atoms with Gasteiger partial charge < -0.3 is 15.3 Å². The summed E-state index contributed by atoms with van der Waals surface area (Å²) in [5.41, 5.74) is 0.969. The van der Waals surface area contributed by atoms with E-state index in [2.05, 4.69) is 15.1 Å². The molecule has 0 bridgehead atoms. The molecule has 1 aromatic heterocycles. The average molecular weight is 586 g/mol. The van der Waals surface area contributed by atoms with Gasteiger partial charge in [0.1, 0.15) is 11.6 Å². The molecule has 7 nitrogen and oxygen atoms in total. The van der Waals surface area contributed by atoms with Crippen molar-refractivity contribution < 1.29 is 19.1 Å². The molecule has 1 saturated heterocycles. The molecule has 0 atom stereocenters. The van der Waals surface area contributed by atoms with E-state index in [9.17, 15) is 19.1 Å². The van der Waals surface area contributed by atoms with Crippen LogP contribution in [0.5, 0.6) is 0 Å². The summed E-state index contributed by atoms with van der Waals surface area (Å²) in [4.78, 5) is 34.1. The van der Waals surface area contributed by atoms with E-state index in [0.717, 1.165) is 26.2 Å². The predicted molar refractivity (Wildman–Crippen MR) is 155 cm³/mol. The number of carbonyl (C=O) groups excluding carboxylic acids is 1. The zero-order chi connectivity index (χ0) is 24.4. The Morgan fingerprint density at radius 2 is 1.58 bits per heavy atom. The van der Waals surface area contributed by atoms with Crippen LogP contribution in [0, 0.1) is 5.82 Å². The zero-order valence-corrected chi connectivity index (χ0v) is 23.2. The first-order valence-electron chi connectivity index (χ1n) is 12.2. The highest BCUT2D eigenvalue weighted by Gasteiger charge is 2.26. The number of carboxylic acid groups (broad SMARTS) is 1. The minimum Gasteiger partial charge on any atom is -0.478 e. The van der Waals surface area contributed by atoms with E-state index in [4.69, 9.17) is 4.98 Å². The molecule has 0 spiro atoms. The SMILES string of the molecule is Cl.Cl.Cl.O=C(Nc1ccc2nc(N3CCN(C4CCCCC4)CC3)cc(C(=O)O)c2c1)c1ccccc1F. The third-order valence-corrected chi connectivity index (χ3v) is 7.13. The number of fused-ring (bicyclic) bond motifs is 1. The molecule has 38 heavy (non-hydrogen) atoms. The summed E-state index contributed by atoms with van der Waals surface area (Å²) < 4.78 is 14.0. The van der Waals surface area contributed by atoms with Crippen LogP contribution in [0.1, 0.15) is 52.8 Å². The summed E-state index contributed by atoms with van der Waals surface area (Å²) in [6.07, 6.45) is 6.49. The van der Waals surface area contributed by atoms with Gasteiger partial charge in [-0.05, 0) is 49.2 Å². The number of benzene rings is 2. The molecular weight excluding hydrogens is 554 g/mol. The van der Waals surface area contributed by atoms with Crippen molar-refractivity contribution in [3.8, 4) is 0 Å². The topological polar surface area (TPSA) is 85.8 Å². The van der Waals surface area contributed by atoms with E-state index in [0.29, 0.717) is 28.5 Å². The van der Waals surface area contributed by atoms with Gasteiger partial charge in [-0.1, -0.05) is 31.4 Å². The molecule has 1 aliphatic heterocycles. The highest BCUT2D eigenvalue weighted by molar-refractivity contribution is 6.08. The zero-order valence-electron chi connectivity index (χ0n) is 20.8. The Morgan fingerprint density at radius 1 is 0.895 bits per heavy atom. The fourth-order valence-electron chi connectivity index (χ4n) is 5.23. The Labute approximate surface area is 240 Å². The van der Waals surface area contributed by atoms with Crippen LogP contribution >= 0.6 is 37.2 Å². The quantitative estimate of drug-likeness (QED) is 0.380. The van der Waals surface area contributed by atoms with Gasteiger partial charge in [0.2, 0.25) is 0 Å². The lowest BCUT2D eigenvalue weighted by Crippen LogP contribution is -2.51. The first-order chi connectivity index (χ1) is 17.0. The number of aromatic carboxylic acids is 1. The smallest absolute Gasteiger partial charge is 0.336 e. The first-order valence-corrected chi connectivity index (χ1v) is 12.2. The van der Waals surface area contributed by atoms with Crippen molar-refractivity contribution >= 4 is 71.5 Å². The molecule has 2 heterocycles. The van der Waals surface area contributed by atoms with E-state index in [-0.39, 0.29) is 48.3 Å². The van der Waals surface area contributed by atoms with E-state index in [1.165, 1.54) is 50.3 Å². The van der Waals surface area contributed by atoms with Gasteiger partial charge in [0, 0.05) is 43.3 Å². The summed E-state index contributed by atoms with van der Waals surface area (Å²) in [6.45, 7) is 3.53. The number of nitrogens with zero attached hydrogens (tertiary/aromatic N) is 3. The number of amides is 1. The van der Waals surface area contributed by atoms with Crippen LogP contribution in [0.25, 0.3) is 10.9 Å². The second-order valence-corrected chi connectivity index (χ2v) is 9.31. The summed E-state index contributed by atoms with van der Waals surface area (Å²) in [7, 11) is 0. The summed E-state index contributed by atoms with van der Waals surface area (Å²) in [5, 5.41) is 13.0. The summed E-state index contributed by atoms with van der Waals surface area (Å²) in [5.74, 6) is -1.62. The Bertz CT molecular complexity index is 1270. The Kier molecular flexibility index (Phi) is 11.6. The van der Waals surface area contributed by atoms with Crippen LogP contribution in [0.4, 0.5) is 15.9 Å². The van der Waals surface area contributed by atoms with Gasteiger partial charge in [-0.3, -0.25) is 9.69 Å². The minimum atomic E-state index is -1.06. The number of anilines is 2. The van der Waals surface area contributed by atoms with Crippen LogP contribution in [0.3, 0.4) is 0 Å². The normalized spacial score (nSPS) is 16.1. The summed E-state index contributed by atoms with van der Waals surface area (Å²) >= 11 is 0. The third-order valence-electron chi connectivity index (χ3n) is 7.13. The fourth-order valence-corrected chi connectivity index (χ4v) is 5.23. The maximum atomic E-state index is 14.0. The van der Waals surface area contributed by atoms with Gasteiger partial charge >= 0.3 is 5.97 Å². The van der Waals surface area contributed by atoms with Crippen molar-refractivity contribution in [3.63, 3.8) is 0 Å². The molecule has 1 amide bonds. The number of hydrogen-bond acceptors (Lipinski definition) is 5. The third kappa shape index (κ3) is 6.86. The van der Waals surface area contributed by atoms with Crippen LogP contribution < -0.4 is 10.2 Å². The van der Waals surface area contributed by atoms with E-state index < -0.39 is 17.7 Å². The molecule has 3 aromatic rings. The van der Waals surface area contributed by atoms with Crippen LogP contribution in [-0.4, -0.2) is 59.1 Å². The lowest BCUT2D eigenvalue weighted by molar-refractivity contribution is 0.0698. The van der Waals surface area contributed by atoms with Crippen LogP contribution in [0.15, 0.2) is 48.5 Å². The van der Waals surface area contributed by atoms with Crippen molar-refractivity contribution in [1.29, 1.82) is 0 Å². The Balaban J connectivity index is 0.00000169. The lowest BCUT2D eigenvalue weighted by Gasteiger charge is -2.41. The molecule has 11 heteroatoms. The van der Waals surface area contributed by atoms with Gasteiger partial charge in [-0.25, -0.2) is 14.2 Å². The number of hydrogen-bond donors (Lipinski definition) is 2. The molecule has 1 aliphatic carbocycles. The van der Waals surface area contributed by atoms with Crippen molar-refractivity contribution in [2.45, 2.75) is 38.1 Å². The molecule has 1 saturated carbocycles. The second-order valence-electron chi connectivity index (χ2n) is 9.31. The van der Waals surface area contributed by atoms with Crippen molar-refractivity contribution in [3.05, 3.63) is 65.5 Å². The highest BCUT2D eigenvalue weighted by atomic mass is 35.5. The molecule has 5 rings (SSSR count). The highest BCUT2D eigenvalue weighted by Crippen LogP contribution is 2.28. The number of aromatic nitrogens is 1. The molecule has 2 N–H and O–H groups in total. The number of rotatable bonds is 5. The molecule has 2 fully saturated rings. The lowest BCUT2D eigenvalue weighted by atomic mass is 9.94. The predicted octanol–water partition coefficient (Wildman–Crippen LogP) is 6.04. The number of halogens is 4. The van der Waals surface area contributed by atoms with Crippen molar-refractivity contribution in [2.75, 3.05) is 36.4 Å². The molecule has 0 radical (unpaired) electrons. The number of carbonyl (C=O) groups is 2. The maximum absolute atomic E-state index is 14.0. The minimum absolute atomic E-state index is 0. The summed E-state index contributed by atoms with van der Waals surface area (Å²) in [6, 6.07) is 12.9. The monoisotopic (exact) mass is 584 g/mol. The Hall–Kier alpha value is -2.65. The van der Waals surface area contributed by atoms with Crippen LogP contribution in [0.2, 0.25) is 0 Å². The maximum Gasteiger partial charge on any atom is 0.336 e. The Morgan fingerprint density at radius 3 is 2.24 bits per heavy atom. The van der Waals surface area contributed by atoms with Gasteiger partial charge in [0.15, 0.2) is 0 Å². The second kappa shape index (κ2) is 13.9. The standard InChI is InChI=1S/C27H29FN4O3.3ClH/c28-23-9-5-4-8-20(23)26(33)29-18-10-11-24-21(16-18)22(27(34)35)17-25(30-24)32-14-12-31(13-15-32)19-6-2-1-3-7-19;;;/h4-5,8-11,16-17,19H,1-3,6-7,12-15H2,(H,29,33)(H,34,35);3*1H. The molecule has 2 aromatic carbocycles. The molecular formula is C27H32Cl3FN4O3. The number of piperazine rings is 1. The van der Waals surface area contributed by atoms with E-state index in [1.54, 1.807) is 30.3 Å². The molecule has 2 aliphatic rings. The molecule has 0 unspecified atom stereocenters. The average Bonchev–Trinajstić information content (AvgIpc) is 2.89. The first kappa shape index (κ1) is 31.6. The number of nitrogens with one attached hydrogen (secondary N) is 1. The number of carboxylic acids is 1. The van der Waals surface area contributed by atoms with Gasteiger partial charge in [0.05, 0.1) is 16.6 Å². The largest absolute Gasteiger partial charge is 0.478 e. The van der Waals surface area contributed by atoms with Gasteiger partial charge in [-0.2, -0.15) is 0 Å². The van der Waals surface area contributed by atoms with E-state index in [1.807, 2.05) is 0 Å². The van der Waals surface area contributed by atoms with Crippen LogP contribution in [-0.2, 0) is 0 Å².